The van der Waals surface area contributed by atoms with Crippen LogP contribution in [0.5, 0.6) is 0 Å². The van der Waals surface area contributed by atoms with Crippen molar-refractivity contribution in [1.29, 1.82) is 0 Å². The van der Waals surface area contributed by atoms with Gasteiger partial charge < -0.3 is 10.2 Å². The van der Waals surface area contributed by atoms with Gasteiger partial charge in [-0.25, -0.2) is 0 Å². The van der Waals surface area contributed by atoms with Gasteiger partial charge in [0, 0.05) is 25.2 Å². The number of rotatable bonds is 0. The molecule has 0 spiro atoms. The Balaban J connectivity index is 2.02. The van der Waals surface area contributed by atoms with Gasteiger partial charge in [0.25, 0.3) is 0 Å². The molecule has 0 saturated carbocycles. The van der Waals surface area contributed by atoms with Gasteiger partial charge >= 0.3 is 0 Å². The summed E-state index contributed by atoms with van der Waals surface area (Å²) >= 11 is 0. The zero-order valence-corrected chi connectivity index (χ0v) is 4.52. The van der Waals surface area contributed by atoms with Crippen LogP contribution >= 0.6 is 0 Å². The van der Waals surface area contributed by atoms with Gasteiger partial charge in [-0.15, -0.1) is 0 Å². The summed E-state index contributed by atoms with van der Waals surface area (Å²) in [6.07, 6.45) is 0. The summed E-state index contributed by atoms with van der Waals surface area (Å²) in [5, 5.41) is 3.36. The predicted octanol–water partition coefficient (Wildman–Crippen LogP) is -0.728. The van der Waals surface area contributed by atoms with E-state index in [2.05, 4.69) is 17.3 Å². The van der Waals surface area contributed by atoms with E-state index < -0.39 is 0 Å². The standard InChI is InChI=1S/C5H10N2/c1-7-2-4-5(3-7)6-4/h4-6H,2-3H2,1H3. The zero-order valence-electron chi connectivity index (χ0n) is 4.52. The van der Waals surface area contributed by atoms with Gasteiger partial charge in [0.05, 0.1) is 0 Å². The minimum absolute atomic E-state index is 0.866. The van der Waals surface area contributed by atoms with Crippen LogP contribution in [-0.4, -0.2) is 37.1 Å². The first-order valence-electron chi connectivity index (χ1n) is 2.81. The van der Waals surface area contributed by atoms with Crippen molar-refractivity contribution in [3.63, 3.8) is 0 Å². The van der Waals surface area contributed by atoms with Gasteiger partial charge in [0.2, 0.25) is 0 Å². The molecule has 2 unspecified atom stereocenters. The molecule has 2 aliphatic heterocycles. The highest BCUT2D eigenvalue weighted by molar-refractivity contribution is 5.06. The summed E-state index contributed by atoms with van der Waals surface area (Å²) < 4.78 is 0. The monoisotopic (exact) mass is 98.1 g/mol. The van der Waals surface area contributed by atoms with Crippen molar-refractivity contribution in [2.45, 2.75) is 12.1 Å². The topological polar surface area (TPSA) is 25.2 Å². The Labute approximate surface area is 43.5 Å². The summed E-state index contributed by atoms with van der Waals surface area (Å²) in [6, 6.07) is 1.73. The molecule has 0 aliphatic carbocycles. The number of hydrogen-bond donors (Lipinski definition) is 1. The summed E-state index contributed by atoms with van der Waals surface area (Å²) in [7, 11) is 2.17. The number of nitrogens with zero attached hydrogens (tertiary/aromatic N) is 1. The minimum Gasteiger partial charge on any atom is -0.306 e. The summed E-state index contributed by atoms with van der Waals surface area (Å²) in [4.78, 5) is 2.37. The lowest BCUT2D eigenvalue weighted by Crippen LogP contribution is -2.22. The molecule has 2 aliphatic rings. The molecule has 2 saturated heterocycles. The Morgan fingerprint density at radius 2 is 2.00 bits per heavy atom. The molecule has 2 rings (SSSR count). The van der Waals surface area contributed by atoms with Crippen molar-refractivity contribution in [1.82, 2.24) is 10.2 Å². The van der Waals surface area contributed by atoms with E-state index in [4.69, 9.17) is 0 Å². The molecule has 2 fully saturated rings. The number of likely N-dealkylation sites (N-methyl/N-ethyl adjacent to an activating group) is 1. The minimum atomic E-state index is 0.866. The maximum absolute atomic E-state index is 3.36. The van der Waals surface area contributed by atoms with Crippen molar-refractivity contribution in [2.24, 2.45) is 0 Å². The Kier molecular flexibility index (Phi) is 0.557. The molecule has 40 valence electrons. The normalized spacial score (nSPS) is 49.3. The molecule has 0 bridgehead atoms. The molecule has 2 atom stereocenters. The number of fused-ring (bicyclic) bond motifs is 1. The average molecular weight is 98.1 g/mol. The molecule has 2 heteroatoms. The van der Waals surface area contributed by atoms with E-state index in [1.807, 2.05) is 0 Å². The van der Waals surface area contributed by atoms with E-state index in [9.17, 15) is 0 Å². The lowest BCUT2D eigenvalue weighted by atomic mass is 10.4. The van der Waals surface area contributed by atoms with Crippen molar-refractivity contribution in [2.75, 3.05) is 20.1 Å². The quantitative estimate of drug-likeness (QED) is 0.404. The van der Waals surface area contributed by atoms with Crippen LogP contribution < -0.4 is 5.32 Å². The fourth-order valence-corrected chi connectivity index (χ4v) is 1.33. The fraction of sp³-hybridized carbons (Fsp3) is 1.00. The van der Waals surface area contributed by atoms with Crippen LogP contribution in [0.25, 0.3) is 0 Å². The van der Waals surface area contributed by atoms with Gasteiger partial charge in [-0.2, -0.15) is 0 Å². The number of nitrogens with one attached hydrogen (secondary N) is 1. The first-order chi connectivity index (χ1) is 3.36. The number of likely N-dealkylation sites (tertiary alicyclic amines) is 1. The maximum Gasteiger partial charge on any atom is 0.0365 e. The molecule has 2 nitrogen and oxygen atoms in total. The lowest BCUT2D eigenvalue weighted by Gasteiger charge is -2.06. The van der Waals surface area contributed by atoms with E-state index in [0.29, 0.717) is 0 Å². The molecular weight excluding hydrogens is 88.1 g/mol. The van der Waals surface area contributed by atoms with Crippen molar-refractivity contribution in [3.05, 3.63) is 0 Å². The fourth-order valence-electron chi connectivity index (χ4n) is 1.33. The summed E-state index contributed by atoms with van der Waals surface area (Å²) in [5.74, 6) is 0. The van der Waals surface area contributed by atoms with Crippen LogP contribution in [0, 0.1) is 0 Å². The zero-order chi connectivity index (χ0) is 4.85. The van der Waals surface area contributed by atoms with Crippen LogP contribution in [0.1, 0.15) is 0 Å². The molecule has 7 heavy (non-hydrogen) atoms. The van der Waals surface area contributed by atoms with Crippen LogP contribution in [-0.2, 0) is 0 Å². The van der Waals surface area contributed by atoms with Crippen molar-refractivity contribution < 1.29 is 0 Å². The molecule has 0 aromatic rings. The second kappa shape index (κ2) is 1.01. The smallest absolute Gasteiger partial charge is 0.0365 e. The Morgan fingerprint density at radius 3 is 2.29 bits per heavy atom. The third kappa shape index (κ3) is 0.469. The van der Waals surface area contributed by atoms with E-state index in [0.717, 1.165) is 12.1 Å². The highest BCUT2D eigenvalue weighted by atomic mass is 15.3. The molecular formula is C5H10N2. The largest absolute Gasteiger partial charge is 0.306 e. The Morgan fingerprint density at radius 1 is 1.43 bits per heavy atom. The second-order valence-electron chi connectivity index (χ2n) is 2.60. The molecule has 2 heterocycles. The maximum atomic E-state index is 3.36. The van der Waals surface area contributed by atoms with Gasteiger partial charge in [-0.05, 0) is 7.05 Å². The molecule has 0 radical (unpaired) electrons. The van der Waals surface area contributed by atoms with E-state index in [-0.39, 0.29) is 0 Å². The third-order valence-electron chi connectivity index (χ3n) is 1.82. The average Bonchev–Trinajstić information content (AvgIpc) is 2.15. The lowest BCUT2D eigenvalue weighted by molar-refractivity contribution is 0.380. The summed E-state index contributed by atoms with van der Waals surface area (Å²) in [5.41, 5.74) is 0. The first kappa shape index (κ1) is 3.87. The van der Waals surface area contributed by atoms with Crippen molar-refractivity contribution >= 4 is 0 Å². The highest BCUT2D eigenvalue weighted by Crippen LogP contribution is 2.19. The van der Waals surface area contributed by atoms with E-state index in [1.165, 1.54) is 13.1 Å². The Hall–Kier alpha value is -0.0800. The SMILES string of the molecule is CN1CC2NC2C1. The Bertz CT molecular complexity index is 82.1. The molecule has 0 aromatic heterocycles. The first-order valence-corrected chi connectivity index (χ1v) is 2.81. The molecule has 0 aromatic carbocycles. The number of hydrogen-bond acceptors (Lipinski definition) is 2. The van der Waals surface area contributed by atoms with Gasteiger partial charge in [-0.3, -0.25) is 0 Å². The van der Waals surface area contributed by atoms with Crippen LogP contribution in [0.3, 0.4) is 0 Å². The van der Waals surface area contributed by atoms with Crippen molar-refractivity contribution in [3.8, 4) is 0 Å². The predicted molar refractivity (Wildman–Crippen MR) is 28.2 cm³/mol. The number of piperazine rings is 1. The second-order valence-corrected chi connectivity index (χ2v) is 2.60. The van der Waals surface area contributed by atoms with Crippen LogP contribution in [0.4, 0.5) is 0 Å². The van der Waals surface area contributed by atoms with Crippen LogP contribution in [0.2, 0.25) is 0 Å². The highest BCUT2D eigenvalue weighted by Gasteiger charge is 2.42. The third-order valence-corrected chi connectivity index (χ3v) is 1.82. The van der Waals surface area contributed by atoms with Gasteiger partial charge in [0.15, 0.2) is 0 Å². The van der Waals surface area contributed by atoms with E-state index >= 15 is 0 Å². The van der Waals surface area contributed by atoms with Gasteiger partial charge in [-0.1, -0.05) is 0 Å². The summed E-state index contributed by atoms with van der Waals surface area (Å²) in [6.45, 7) is 2.54. The van der Waals surface area contributed by atoms with E-state index in [1.54, 1.807) is 0 Å². The molecule has 1 N–H and O–H groups in total. The van der Waals surface area contributed by atoms with Crippen LogP contribution in [0.15, 0.2) is 0 Å². The molecule has 0 amide bonds. The van der Waals surface area contributed by atoms with Gasteiger partial charge in [0.1, 0.15) is 0 Å².